The van der Waals surface area contributed by atoms with Crippen molar-refractivity contribution in [1.29, 1.82) is 0 Å². The van der Waals surface area contributed by atoms with Crippen LogP contribution in [0.5, 0.6) is 0 Å². The molecule has 0 aliphatic carbocycles. The van der Waals surface area contributed by atoms with Crippen LogP contribution >= 0.6 is 0 Å². The molecule has 0 radical (unpaired) electrons. The van der Waals surface area contributed by atoms with E-state index in [0.29, 0.717) is 0 Å². The second kappa shape index (κ2) is 16.0. The fourth-order valence-corrected chi connectivity index (χ4v) is 5.22. The van der Waals surface area contributed by atoms with Gasteiger partial charge in [0.25, 0.3) is 5.92 Å². The molecule has 5 atom stereocenters. The minimum absolute atomic E-state index is 0.0387. The molecule has 0 aromatic heterocycles. The molecule has 1 aliphatic rings. The summed E-state index contributed by atoms with van der Waals surface area (Å²) in [5, 5.41) is 9.78. The molecule has 1 aliphatic heterocycles. The summed E-state index contributed by atoms with van der Waals surface area (Å²) < 4.78 is 62.2. The lowest BCUT2D eigenvalue weighted by molar-refractivity contribution is -0.313. The zero-order chi connectivity index (χ0) is 30.6. The van der Waals surface area contributed by atoms with Gasteiger partial charge in [0.15, 0.2) is 6.10 Å². The Morgan fingerprint density at radius 1 is 0.545 bits per heavy atom. The second-order valence-corrected chi connectivity index (χ2v) is 10.8. The van der Waals surface area contributed by atoms with Crippen LogP contribution in [0.2, 0.25) is 0 Å². The molecular formula is C36H38F2O6. The van der Waals surface area contributed by atoms with Crippen LogP contribution in [0.25, 0.3) is 0 Å². The third kappa shape index (κ3) is 8.79. The third-order valence-corrected chi connectivity index (χ3v) is 7.51. The molecule has 4 aromatic rings. The van der Waals surface area contributed by atoms with Gasteiger partial charge in [-0.3, -0.25) is 0 Å². The van der Waals surface area contributed by atoms with Gasteiger partial charge in [-0.15, -0.1) is 0 Å². The van der Waals surface area contributed by atoms with Crippen LogP contribution in [0.3, 0.4) is 0 Å². The highest BCUT2D eigenvalue weighted by atomic mass is 19.3. The third-order valence-electron chi connectivity index (χ3n) is 7.51. The largest absolute Gasteiger partial charge is 0.390 e. The summed E-state index contributed by atoms with van der Waals surface area (Å²) in [7, 11) is 0. The molecule has 0 bridgehead atoms. The van der Waals surface area contributed by atoms with E-state index < -0.39 is 43.0 Å². The van der Waals surface area contributed by atoms with Crippen LogP contribution in [0.1, 0.15) is 22.3 Å². The summed E-state index contributed by atoms with van der Waals surface area (Å²) in [6.45, 7) is -0.821. The molecule has 5 rings (SSSR count). The van der Waals surface area contributed by atoms with Gasteiger partial charge in [0.1, 0.15) is 31.0 Å². The van der Waals surface area contributed by atoms with E-state index in [1.807, 2.05) is 121 Å². The van der Waals surface area contributed by atoms with Crippen molar-refractivity contribution in [3.8, 4) is 0 Å². The SMILES string of the molecule is OCC(F)(F)[C@@H]1O[C@H](COCc2ccccc2)[C@@H](OCc2ccccc2)[C@@H](OCc2ccccc2)[C@@H]1OCc1ccccc1. The van der Waals surface area contributed by atoms with Crippen molar-refractivity contribution in [2.75, 3.05) is 13.2 Å². The molecule has 232 valence electrons. The van der Waals surface area contributed by atoms with Gasteiger partial charge in [0, 0.05) is 0 Å². The first-order valence-corrected chi connectivity index (χ1v) is 14.8. The summed E-state index contributed by atoms with van der Waals surface area (Å²) in [4.78, 5) is 0. The topological polar surface area (TPSA) is 66.4 Å². The molecule has 6 nitrogen and oxygen atoms in total. The number of aliphatic hydroxyl groups is 1. The number of hydrogen-bond donors (Lipinski definition) is 1. The van der Waals surface area contributed by atoms with Crippen LogP contribution in [-0.4, -0.2) is 54.8 Å². The Balaban J connectivity index is 1.46. The van der Waals surface area contributed by atoms with Crippen LogP contribution < -0.4 is 0 Å². The maximum absolute atomic E-state index is 15.5. The highest BCUT2D eigenvalue weighted by Crippen LogP contribution is 2.37. The predicted octanol–water partition coefficient (Wildman–Crippen LogP) is 6.35. The number of halogens is 2. The average molecular weight is 605 g/mol. The number of benzene rings is 4. The molecule has 0 amide bonds. The molecule has 0 saturated carbocycles. The van der Waals surface area contributed by atoms with Gasteiger partial charge in [-0.2, -0.15) is 0 Å². The van der Waals surface area contributed by atoms with Gasteiger partial charge < -0.3 is 28.8 Å². The van der Waals surface area contributed by atoms with Crippen LogP contribution in [0.15, 0.2) is 121 Å². The molecule has 8 heteroatoms. The Labute approximate surface area is 257 Å². The molecule has 44 heavy (non-hydrogen) atoms. The molecule has 1 N–H and O–H groups in total. The fraction of sp³-hybridized carbons (Fsp3) is 0.333. The zero-order valence-corrected chi connectivity index (χ0v) is 24.4. The van der Waals surface area contributed by atoms with E-state index in [2.05, 4.69) is 0 Å². The van der Waals surface area contributed by atoms with E-state index in [1.165, 1.54) is 0 Å². The standard InChI is InChI=1S/C36H38F2O6/c37-36(38,26-39)35-34(43-24-30-19-11-4-12-20-30)33(42-23-29-17-9-3-10-18-29)32(41-22-28-15-7-2-8-16-28)31(44-35)25-40-21-27-13-5-1-6-14-27/h1-20,31-35,39H,21-26H2/t31-,32-,33-,34+,35-/m1/s1. The van der Waals surface area contributed by atoms with E-state index in [9.17, 15) is 5.11 Å². The summed E-state index contributed by atoms with van der Waals surface area (Å²) in [5.74, 6) is -3.63. The summed E-state index contributed by atoms with van der Waals surface area (Å²) in [6.07, 6.45) is -5.85. The lowest BCUT2D eigenvalue weighted by Crippen LogP contribution is -2.65. The Hall–Kier alpha value is -3.50. The Kier molecular flexibility index (Phi) is 11.6. The van der Waals surface area contributed by atoms with Crippen molar-refractivity contribution in [3.63, 3.8) is 0 Å². The summed E-state index contributed by atoms with van der Waals surface area (Å²) >= 11 is 0. The van der Waals surface area contributed by atoms with E-state index in [4.69, 9.17) is 23.7 Å². The number of alkyl halides is 2. The summed E-state index contributed by atoms with van der Waals surface area (Å²) in [5.41, 5.74) is 3.51. The first-order chi connectivity index (χ1) is 21.5. The first-order valence-electron chi connectivity index (χ1n) is 14.8. The van der Waals surface area contributed by atoms with Crippen LogP contribution in [0, 0.1) is 0 Å². The van der Waals surface area contributed by atoms with Crippen molar-refractivity contribution >= 4 is 0 Å². The van der Waals surface area contributed by atoms with Crippen molar-refractivity contribution in [1.82, 2.24) is 0 Å². The molecule has 4 aromatic carbocycles. The lowest BCUT2D eigenvalue weighted by Gasteiger charge is -2.47. The Bertz CT molecular complexity index is 1360. The second-order valence-electron chi connectivity index (χ2n) is 10.8. The molecule has 1 heterocycles. The minimum Gasteiger partial charge on any atom is -0.390 e. The van der Waals surface area contributed by atoms with Crippen molar-refractivity contribution in [2.45, 2.75) is 62.9 Å². The van der Waals surface area contributed by atoms with E-state index >= 15 is 8.78 Å². The summed E-state index contributed by atoms with van der Waals surface area (Å²) in [6, 6.07) is 37.9. The van der Waals surface area contributed by atoms with Gasteiger partial charge >= 0.3 is 0 Å². The number of ether oxygens (including phenoxy) is 5. The number of hydrogen-bond acceptors (Lipinski definition) is 6. The monoisotopic (exact) mass is 604 g/mol. The molecule has 0 spiro atoms. The molecule has 1 fully saturated rings. The van der Waals surface area contributed by atoms with Crippen molar-refractivity contribution in [2.24, 2.45) is 0 Å². The Morgan fingerprint density at radius 2 is 0.932 bits per heavy atom. The number of rotatable bonds is 15. The molecule has 1 saturated heterocycles. The highest BCUT2D eigenvalue weighted by Gasteiger charge is 2.57. The van der Waals surface area contributed by atoms with Gasteiger partial charge in [0.05, 0.1) is 33.0 Å². The first kappa shape index (κ1) is 31.9. The van der Waals surface area contributed by atoms with E-state index in [1.54, 1.807) is 0 Å². The fourth-order valence-electron chi connectivity index (χ4n) is 5.22. The van der Waals surface area contributed by atoms with E-state index in [-0.39, 0.29) is 33.0 Å². The quantitative estimate of drug-likeness (QED) is 0.171. The Morgan fingerprint density at radius 3 is 1.36 bits per heavy atom. The highest BCUT2D eigenvalue weighted by molar-refractivity contribution is 5.17. The molecular weight excluding hydrogens is 566 g/mol. The van der Waals surface area contributed by atoms with Gasteiger partial charge in [-0.05, 0) is 22.3 Å². The van der Waals surface area contributed by atoms with Crippen molar-refractivity contribution < 1.29 is 37.6 Å². The van der Waals surface area contributed by atoms with Gasteiger partial charge in [-0.1, -0.05) is 121 Å². The maximum Gasteiger partial charge on any atom is 0.298 e. The zero-order valence-electron chi connectivity index (χ0n) is 24.4. The predicted molar refractivity (Wildman–Crippen MR) is 162 cm³/mol. The minimum atomic E-state index is -3.63. The van der Waals surface area contributed by atoms with Crippen molar-refractivity contribution in [3.05, 3.63) is 144 Å². The van der Waals surface area contributed by atoms with Crippen LogP contribution in [0.4, 0.5) is 8.78 Å². The smallest absolute Gasteiger partial charge is 0.298 e. The van der Waals surface area contributed by atoms with Gasteiger partial charge in [0.2, 0.25) is 0 Å². The maximum atomic E-state index is 15.5. The lowest BCUT2D eigenvalue weighted by atomic mass is 9.91. The average Bonchev–Trinajstić information content (AvgIpc) is 3.07. The molecule has 0 unspecified atom stereocenters. The van der Waals surface area contributed by atoms with Crippen LogP contribution in [-0.2, 0) is 50.1 Å². The van der Waals surface area contributed by atoms with Gasteiger partial charge in [-0.25, -0.2) is 8.78 Å². The van der Waals surface area contributed by atoms with E-state index in [0.717, 1.165) is 22.3 Å². The number of aliphatic hydroxyl groups excluding tert-OH is 1. The normalized spacial score (nSPS) is 22.1.